The van der Waals surface area contributed by atoms with Crippen LogP contribution in [-0.4, -0.2) is 6.54 Å². The molecule has 0 aliphatic rings. The molecule has 1 N–H and O–H groups in total. The zero-order chi connectivity index (χ0) is 7.66. The molecule has 0 rings (SSSR count). The first kappa shape index (κ1) is 9.54. The molecule has 0 fully saturated rings. The first-order valence-electron chi connectivity index (χ1n) is 4.09. The smallest absolute Gasteiger partial charge is 0.0138 e. The van der Waals surface area contributed by atoms with Crippen LogP contribution in [-0.2, 0) is 0 Å². The van der Waals surface area contributed by atoms with E-state index in [1.54, 1.807) is 0 Å². The summed E-state index contributed by atoms with van der Waals surface area (Å²) in [4.78, 5) is 0. The Labute approximate surface area is 64.5 Å². The van der Waals surface area contributed by atoms with Crippen LogP contribution in [0.4, 0.5) is 0 Å². The van der Waals surface area contributed by atoms with Crippen LogP contribution in [0, 0.1) is 6.92 Å². The third kappa shape index (κ3) is 7.54. The minimum Gasteiger partial charge on any atom is -0.391 e. The summed E-state index contributed by atoms with van der Waals surface area (Å²) >= 11 is 0. The molecule has 0 aromatic rings. The molecule has 0 atom stereocenters. The highest BCUT2D eigenvalue weighted by Crippen LogP contribution is 1.92. The van der Waals surface area contributed by atoms with Crippen molar-refractivity contribution in [1.82, 2.24) is 5.32 Å². The molecule has 0 aromatic carbocycles. The number of nitrogens with one attached hydrogen (secondary N) is 1. The fourth-order valence-corrected chi connectivity index (χ4v) is 0.657. The summed E-state index contributed by atoms with van der Waals surface area (Å²) in [5.41, 5.74) is 0. The van der Waals surface area contributed by atoms with Gasteiger partial charge in [0.05, 0.1) is 0 Å². The van der Waals surface area contributed by atoms with Crippen LogP contribution < -0.4 is 5.32 Å². The summed E-state index contributed by atoms with van der Waals surface area (Å²) < 4.78 is 0. The third-order valence-corrected chi connectivity index (χ3v) is 1.25. The number of unbranched alkanes of at least 4 members (excludes halogenated alkanes) is 2. The first-order valence-corrected chi connectivity index (χ1v) is 4.09. The number of hydrogen-bond donors (Lipinski definition) is 1. The van der Waals surface area contributed by atoms with Gasteiger partial charge < -0.3 is 5.32 Å². The van der Waals surface area contributed by atoms with Crippen LogP contribution in [0.1, 0.15) is 32.6 Å². The van der Waals surface area contributed by atoms with Gasteiger partial charge in [0.2, 0.25) is 0 Å². The highest BCUT2D eigenvalue weighted by molar-refractivity contribution is 4.78. The molecule has 1 nitrogen and oxygen atoms in total. The molecular weight excluding hydrogens is 122 g/mol. The van der Waals surface area contributed by atoms with Gasteiger partial charge in [-0.1, -0.05) is 26.3 Å². The number of rotatable bonds is 6. The van der Waals surface area contributed by atoms with Crippen molar-refractivity contribution in [3.63, 3.8) is 0 Å². The Kier molecular flexibility index (Phi) is 8.15. The molecule has 0 spiro atoms. The Morgan fingerprint density at radius 3 is 2.90 bits per heavy atom. The van der Waals surface area contributed by atoms with Gasteiger partial charge in [-0.2, -0.15) is 0 Å². The minimum atomic E-state index is 1.04. The lowest BCUT2D eigenvalue weighted by atomic mass is 10.2. The van der Waals surface area contributed by atoms with Gasteiger partial charge in [0, 0.05) is 6.54 Å². The van der Waals surface area contributed by atoms with Crippen LogP contribution in [0.3, 0.4) is 0 Å². The average molecular weight is 140 g/mol. The maximum atomic E-state index is 3.77. The quantitative estimate of drug-likeness (QED) is 0.559. The second-order valence-electron chi connectivity index (χ2n) is 2.35. The summed E-state index contributed by atoms with van der Waals surface area (Å²) in [6.07, 6.45) is 8.79. The fraction of sp³-hybridized carbons (Fsp3) is 0.667. The maximum absolute atomic E-state index is 3.77. The van der Waals surface area contributed by atoms with Crippen molar-refractivity contribution in [1.29, 1.82) is 0 Å². The van der Waals surface area contributed by atoms with E-state index < -0.39 is 0 Å². The Morgan fingerprint density at radius 2 is 2.30 bits per heavy atom. The second kappa shape index (κ2) is 8.54. The van der Waals surface area contributed by atoms with E-state index in [1.165, 1.54) is 12.8 Å². The molecule has 1 radical (unpaired) electrons. The zero-order valence-electron chi connectivity index (χ0n) is 6.90. The molecule has 0 amide bonds. The lowest BCUT2D eigenvalue weighted by Gasteiger charge is -1.94. The van der Waals surface area contributed by atoms with Gasteiger partial charge in [-0.15, -0.1) is 0 Å². The van der Waals surface area contributed by atoms with E-state index in [0.717, 1.165) is 19.4 Å². The average Bonchev–Trinajstić information content (AvgIpc) is 1.97. The number of allylic oxidation sites excluding steroid dienone is 1. The Bertz CT molecular complexity index is 66.8. The molecule has 0 saturated carbocycles. The van der Waals surface area contributed by atoms with Gasteiger partial charge in [-0.3, -0.25) is 0 Å². The predicted molar refractivity (Wildman–Crippen MR) is 46.6 cm³/mol. The van der Waals surface area contributed by atoms with Crippen molar-refractivity contribution in [2.24, 2.45) is 0 Å². The third-order valence-electron chi connectivity index (χ3n) is 1.25. The molecule has 0 aliphatic heterocycles. The van der Waals surface area contributed by atoms with E-state index in [2.05, 4.69) is 25.2 Å². The highest BCUT2D eigenvalue weighted by Gasteiger charge is 1.77. The van der Waals surface area contributed by atoms with Gasteiger partial charge in [-0.25, -0.2) is 0 Å². The van der Waals surface area contributed by atoms with Gasteiger partial charge in [0.25, 0.3) is 0 Å². The van der Waals surface area contributed by atoms with Crippen LogP contribution in [0.5, 0.6) is 0 Å². The molecule has 59 valence electrons. The fourth-order valence-electron chi connectivity index (χ4n) is 0.657. The number of hydrogen-bond acceptors (Lipinski definition) is 1. The first-order chi connectivity index (χ1) is 4.91. The maximum Gasteiger partial charge on any atom is 0.0138 e. The van der Waals surface area contributed by atoms with Gasteiger partial charge in [0.15, 0.2) is 0 Å². The molecule has 0 aromatic heterocycles. The molecular formula is C9H18N. The zero-order valence-corrected chi connectivity index (χ0v) is 6.90. The van der Waals surface area contributed by atoms with Gasteiger partial charge in [0.1, 0.15) is 0 Å². The van der Waals surface area contributed by atoms with E-state index in [-0.39, 0.29) is 0 Å². The summed E-state index contributed by atoms with van der Waals surface area (Å²) in [6.45, 7) is 7.01. The van der Waals surface area contributed by atoms with Gasteiger partial charge in [-0.05, 0) is 25.5 Å². The molecule has 0 bridgehead atoms. The summed E-state index contributed by atoms with van der Waals surface area (Å²) in [6, 6.07) is 0. The van der Waals surface area contributed by atoms with Gasteiger partial charge >= 0.3 is 0 Å². The monoisotopic (exact) mass is 140 g/mol. The molecule has 0 heterocycles. The van der Waals surface area contributed by atoms with E-state index in [1.807, 2.05) is 6.20 Å². The van der Waals surface area contributed by atoms with Crippen molar-refractivity contribution in [3.8, 4) is 0 Å². The summed E-state index contributed by atoms with van der Waals surface area (Å²) in [5, 5.41) is 3.19. The highest BCUT2D eigenvalue weighted by atomic mass is 14.8. The van der Waals surface area contributed by atoms with Crippen LogP contribution in [0.15, 0.2) is 12.3 Å². The molecule has 1 heteroatoms. The lowest BCUT2D eigenvalue weighted by molar-refractivity contribution is 0.797. The SMILES string of the molecule is [CH2]CCC/C=C/NCCC. The summed E-state index contributed by atoms with van der Waals surface area (Å²) in [5.74, 6) is 0. The largest absolute Gasteiger partial charge is 0.391 e. The van der Waals surface area contributed by atoms with Crippen molar-refractivity contribution < 1.29 is 0 Å². The van der Waals surface area contributed by atoms with E-state index in [4.69, 9.17) is 0 Å². The topological polar surface area (TPSA) is 12.0 Å². The van der Waals surface area contributed by atoms with E-state index in [9.17, 15) is 0 Å². The lowest BCUT2D eigenvalue weighted by Crippen LogP contribution is -2.04. The Morgan fingerprint density at radius 1 is 1.50 bits per heavy atom. The predicted octanol–water partition coefficient (Wildman–Crippen LogP) is 2.50. The molecule has 0 aliphatic carbocycles. The van der Waals surface area contributed by atoms with Crippen LogP contribution in [0.2, 0.25) is 0 Å². The molecule has 0 unspecified atom stereocenters. The molecule has 10 heavy (non-hydrogen) atoms. The second-order valence-corrected chi connectivity index (χ2v) is 2.35. The van der Waals surface area contributed by atoms with Crippen LogP contribution in [0.25, 0.3) is 0 Å². The van der Waals surface area contributed by atoms with Crippen molar-refractivity contribution >= 4 is 0 Å². The Hall–Kier alpha value is -0.460. The summed E-state index contributed by atoms with van der Waals surface area (Å²) in [7, 11) is 0. The van der Waals surface area contributed by atoms with Crippen LogP contribution >= 0.6 is 0 Å². The van der Waals surface area contributed by atoms with Crippen molar-refractivity contribution in [2.75, 3.05) is 6.54 Å². The Balaban J connectivity index is 2.89. The standard InChI is InChI=1S/C9H18N/c1-3-5-6-7-9-10-8-4-2/h7,9-10H,1,3-6,8H2,2H3/b9-7+. The normalized spacial score (nSPS) is 10.6. The van der Waals surface area contributed by atoms with E-state index in [0.29, 0.717) is 0 Å². The van der Waals surface area contributed by atoms with Crippen molar-refractivity contribution in [2.45, 2.75) is 32.6 Å². The molecule has 0 saturated heterocycles. The van der Waals surface area contributed by atoms with Crippen molar-refractivity contribution in [3.05, 3.63) is 19.2 Å². The van der Waals surface area contributed by atoms with E-state index >= 15 is 0 Å². The minimum absolute atomic E-state index is 1.04.